The molecular formula is C28H22O4. The van der Waals surface area contributed by atoms with Gasteiger partial charge in [-0.15, -0.1) is 0 Å². The maximum atomic E-state index is 13.8. The monoisotopic (exact) mass is 422 g/mol. The van der Waals surface area contributed by atoms with E-state index in [-0.39, 0.29) is 6.42 Å². The topological polar surface area (TPSA) is 68.3 Å². The lowest BCUT2D eigenvalue weighted by Crippen LogP contribution is -2.33. The van der Waals surface area contributed by atoms with Gasteiger partial charge >= 0.3 is 0 Å². The molecule has 0 aromatic heterocycles. The van der Waals surface area contributed by atoms with E-state index in [0.29, 0.717) is 28.3 Å². The first-order valence-electron chi connectivity index (χ1n) is 10.6. The summed E-state index contributed by atoms with van der Waals surface area (Å²) >= 11 is 0. The van der Waals surface area contributed by atoms with Gasteiger partial charge in [0, 0.05) is 12.0 Å². The van der Waals surface area contributed by atoms with Crippen molar-refractivity contribution in [1.29, 1.82) is 0 Å². The van der Waals surface area contributed by atoms with Gasteiger partial charge in [0.25, 0.3) is 5.78 Å². The Morgan fingerprint density at radius 1 is 0.688 bits per heavy atom. The summed E-state index contributed by atoms with van der Waals surface area (Å²) < 4.78 is 0. The van der Waals surface area contributed by atoms with Crippen molar-refractivity contribution in [3.63, 3.8) is 0 Å². The lowest BCUT2D eigenvalue weighted by atomic mass is 9.81. The molecule has 4 rings (SSSR count). The van der Waals surface area contributed by atoms with Gasteiger partial charge in [0.15, 0.2) is 5.78 Å². The van der Waals surface area contributed by atoms with Crippen LogP contribution in [0.3, 0.4) is 0 Å². The van der Waals surface area contributed by atoms with Crippen LogP contribution in [-0.2, 0) is 14.4 Å². The molecule has 0 N–H and O–H groups in total. The number of fused-ring (bicyclic) bond motifs is 2. The largest absolute Gasteiger partial charge is 0.293 e. The summed E-state index contributed by atoms with van der Waals surface area (Å²) in [5.41, 5.74) is 0.786. The number of hydrogen-bond donors (Lipinski definition) is 0. The second kappa shape index (κ2) is 9.06. The van der Waals surface area contributed by atoms with E-state index in [9.17, 15) is 19.2 Å². The third-order valence-electron chi connectivity index (χ3n) is 5.67. The zero-order valence-corrected chi connectivity index (χ0v) is 17.7. The van der Waals surface area contributed by atoms with Crippen molar-refractivity contribution in [2.75, 3.05) is 0 Å². The molecule has 4 heteroatoms. The third kappa shape index (κ3) is 3.87. The van der Waals surface area contributed by atoms with Crippen LogP contribution in [0.2, 0.25) is 0 Å². The van der Waals surface area contributed by atoms with Crippen LogP contribution in [0.25, 0.3) is 21.5 Å². The summed E-state index contributed by atoms with van der Waals surface area (Å²) in [5, 5.41) is 3.11. The number of carbonyl (C=O) groups is 4. The molecule has 0 saturated heterocycles. The molecule has 4 aromatic carbocycles. The lowest BCUT2D eigenvalue weighted by Gasteiger charge is -2.18. The fourth-order valence-corrected chi connectivity index (χ4v) is 4.11. The minimum Gasteiger partial charge on any atom is -0.293 e. The first kappa shape index (κ1) is 21.3. The molecule has 0 aliphatic rings. The van der Waals surface area contributed by atoms with Gasteiger partial charge in [0.05, 0.1) is 0 Å². The molecule has 1 unspecified atom stereocenters. The van der Waals surface area contributed by atoms with Crippen LogP contribution in [0.5, 0.6) is 0 Å². The van der Waals surface area contributed by atoms with Crippen LogP contribution in [0, 0.1) is 0 Å². The van der Waals surface area contributed by atoms with Crippen LogP contribution >= 0.6 is 0 Å². The van der Waals surface area contributed by atoms with Crippen molar-refractivity contribution in [3.05, 3.63) is 96.1 Å². The molecule has 0 amide bonds. The van der Waals surface area contributed by atoms with E-state index in [2.05, 4.69) is 0 Å². The standard InChI is InChI=1S/C28H22O4/c1-2-9-24(29)27(31)28(32)25(22-16-7-12-18-10-3-5-14-20(18)22)26(30)23-17-8-13-19-11-4-6-15-21(19)23/h3-8,10-17,25H,2,9H2,1H3. The van der Waals surface area contributed by atoms with Crippen molar-refractivity contribution in [3.8, 4) is 0 Å². The molecule has 0 bridgehead atoms. The zero-order valence-electron chi connectivity index (χ0n) is 17.7. The summed E-state index contributed by atoms with van der Waals surface area (Å²) in [4.78, 5) is 52.2. The molecule has 4 nitrogen and oxygen atoms in total. The molecule has 0 radical (unpaired) electrons. The highest BCUT2D eigenvalue weighted by atomic mass is 16.2. The Kier molecular flexibility index (Phi) is 6.04. The molecule has 0 heterocycles. The SMILES string of the molecule is CCCC(=O)C(=O)C(=O)C(C(=O)c1cccc2ccccc12)c1cccc2ccccc12. The Bertz CT molecular complexity index is 1360. The molecule has 1 atom stereocenters. The summed E-state index contributed by atoms with van der Waals surface area (Å²) in [6.07, 6.45) is 0.434. The smallest absolute Gasteiger partial charge is 0.265 e. The summed E-state index contributed by atoms with van der Waals surface area (Å²) in [7, 11) is 0. The van der Waals surface area contributed by atoms with Gasteiger partial charge in [-0.1, -0.05) is 91.9 Å². The van der Waals surface area contributed by atoms with Gasteiger partial charge < -0.3 is 0 Å². The number of Topliss-reactive ketones (excluding diaryl/α,β-unsaturated/α-hetero) is 4. The van der Waals surface area contributed by atoms with Crippen molar-refractivity contribution in [2.45, 2.75) is 25.7 Å². The van der Waals surface area contributed by atoms with Gasteiger partial charge in [0.1, 0.15) is 5.92 Å². The molecule has 0 aliphatic carbocycles. The lowest BCUT2D eigenvalue weighted by molar-refractivity contribution is -0.144. The molecular weight excluding hydrogens is 400 g/mol. The van der Waals surface area contributed by atoms with Crippen LogP contribution < -0.4 is 0 Å². The number of ketones is 4. The zero-order chi connectivity index (χ0) is 22.7. The Morgan fingerprint density at radius 2 is 1.25 bits per heavy atom. The van der Waals surface area contributed by atoms with Crippen molar-refractivity contribution in [2.24, 2.45) is 0 Å². The fraction of sp³-hybridized carbons (Fsp3) is 0.143. The van der Waals surface area contributed by atoms with E-state index in [0.717, 1.165) is 10.8 Å². The molecule has 0 saturated carbocycles. The van der Waals surface area contributed by atoms with Crippen LogP contribution in [0.1, 0.15) is 41.6 Å². The van der Waals surface area contributed by atoms with Crippen LogP contribution in [0.4, 0.5) is 0 Å². The Morgan fingerprint density at radius 3 is 1.94 bits per heavy atom. The normalized spacial score (nSPS) is 11.9. The maximum Gasteiger partial charge on any atom is 0.265 e. The second-order valence-electron chi connectivity index (χ2n) is 7.76. The number of hydrogen-bond acceptors (Lipinski definition) is 4. The molecule has 32 heavy (non-hydrogen) atoms. The highest BCUT2D eigenvalue weighted by molar-refractivity contribution is 6.66. The molecule has 158 valence electrons. The van der Waals surface area contributed by atoms with Crippen LogP contribution in [0.15, 0.2) is 84.9 Å². The van der Waals surface area contributed by atoms with Crippen molar-refractivity contribution < 1.29 is 19.2 Å². The average molecular weight is 422 g/mol. The predicted octanol–water partition coefficient (Wildman–Crippen LogP) is 5.47. The number of benzene rings is 4. The molecule has 0 spiro atoms. The molecule has 0 aliphatic heterocycles. The van der Waals surface area contributed by atoms with E-state index in [1.54, 1.807) is 31.2 Å². The third-order valence-corrected chi connectivity index (χ3v) is 5.67. The van der Waals surface area contributed by atoms with E-state index >= 15 is 0 Å². The molecule has 0 fully saturated rings. The highest BCUT2D eigenvalue weighted by Gasteiger charge is 2.37. The predicted molar refractivity (Wildman–Crippen MR) is 125 cm³/mol. The number of rotatable bonds is 8. The minimum atomic E-state index is -1.39. The summed E-state index contributed by atoms with van der Waals surface area (Å²) in [6.45, 7) is 1.76. The average Bonchev–Trinajstić information content (AvgIpc) is 2.83. The summed E-state index contributed by atoms with van der Waals surface area (Å²) in [5.74, 6) is -4.72. The van der Waals surface area contributed by atoms with E-state index in [1.165, 1.54) is 0 Å². The van der Waals surface area contributed by atoms with Gasteiger partial charge in [-0.2, -0.15) is 0 Å². The fourth-order valence-electron chi connectivity index (χ4n) is 4.11. The Balaban J connectivity index is 1.91. The Labute approximate surface area is 185 Å². The first-order chi connectivity index (χ1) is 15.5. The first-order valence-corrected chi connectivity index (χ1v) is 10.6. The van der Waals surface area contributed by atoms with Crippen molar-refractivity contribution >= 4 is 44.7 Å². The minimum absolute atomic E-state index is 0.0186. The van der Waals surface area contributed by atoms with Crippen LogP contribution in [-0.4, -0.2) is 23.1 Å². The van der Waals surface area contributed by atoms with E-state index < -0.39 is 29.1 Å². The summed E-state index contributed by atoms with van der Waals surface area (Å²) in [6, 6.07) is 25.4. The Hall–Kier alpha value is -3.92. The highest BCUT2D eigenvalue weighted by Crippen LogP contribution is 2.32. The quantitative estimate of drug-likeness (QED) is 0.215. The van der Waals surface area contributed by atoms with E-state index in [4.69, 9.17) is 0 Å². The van der Waals surface area contributed by atoms with Crippen molar-refractivity contribution in [1.82, 2.24) is 0 Å². The maximum absolute atomic E-state index is 13.8. The van der Waals surface area contributed by atoms with Gasteiger partial charge in [-0.05, 0) is 33.5 Å². The van der Waals surface area contributed by atoms with Gasteiger partial charge in [0.2, 0.25) is 11.6 Å². The second-order valence-corrected chi connectivity index (χ2v) is 7.76. The molecule has 4 aromatic rings. The van der Waals surface area contributed by atoms with E-state index in [1.807, 2.05) is 60.7 Å². The van der Waals surface area contributed by atoms with Gasteiger partial charge in [-0.25, -0.2) is 0 Å². The number of carbonyl (C=O) groups excluding carboxylic acids is 4. The van der Waals surface area contributed by atoms with Gasteiger partial charge in [-0.3, -0.25) is 19.2 Å².